The van der Waals surface area contributed by atoms with Gasteiger partial charge in [0.25, 0.3) is 0 Å². The van der Waals surface area contributed by atoms with Crippen molar-refractivity contribution in [2.24, 2.45) is 11.8 Å². The number of benzene rings is 1. The first-order chi connectivity index (χ1) is 13.6. The topological polar surface area (TPSA) is 65.5 Å². The third-order valence-corrected chi connectivity index (χ3v) is 5.66. The first-order valence-corrected chi connectivity index (χ1v) is 9.95. The summed E-state index contributed by atoms with van der Waals surface area (Å²) in [5, 5.41) is 3.64. The van der Waals surface area contributed by atoms with Crippen molar-refractivity contribution in [3.8, 4) is 0 Å². The second kappa shape index (κ2) is 8.19. The number of nitrogens with one attached hydrogen (secondary N) is 1. The Morgan fingerprint density at radius 1 is 1.07 bits per heavy atom. The van der Waals surface area contributed by atoms with Gasteiger partial charge in [0.05, 0.1) is 11.8 Å². The van der Waals surface area contributed by atoms with E-state index >= 15 is 0 Å². The highest BCUT2D eigenvalue weighted by Gasteiger charge is 2.49. The highest BCUT2D eigenvalue weighted by atomic mass is 35.5. The molecule has 28 heavy (non-hydrogen) atoms. The Hall–Kier alpha value is -2.60. The minimum absolute atomic E-state index is 0.0345. The van der Waals surface area contributed by atoms with Gasteiger partial charge in [0.2, 0.25) is 11.8 Å². The number of nitrogens with zero attached hydrogens (tertiary/aromatic N) is 3. The molecule has 1 saturated heterocycles. The van der Waals surface area contributed by atoms with E-state index in [1.807, 2.05) is 41.3 Å². The van der Waals surface area contributed by atoms with Gasteiger partial charge in [-0.3, -0.25) is 14.6 Å². The van der Waals surface area contributed by atoms with E-state index in [1.54, 1.807) is 12.4 Å². The monoisotopic (exact) mass is 398 g/mol. The molecule has 2 unspecified atom stereocenters. The fraction of sp³-hybridized carbons (Fsp3) is 0.381. The molecule has 2 heterocycles. The number of aromatic nitrogens is 1. The fourth-order valence-corrected chi connectivity index (χ4v) is 3.86. The molecule has 2 aromatic rings. The van der Waals surface area contributed by atoms with Crippen molar-refractivity contribution in [3.05, 3.63) is 59.4 Å². The molecule has 0 spiro atoms. The Bertz CT molecular complexity index is 852. The molecule has 1 saturated carbocycles. The summed E-state index contributed by atoms with van der Waals surface area (Å²) in [5.41, 5.74) is 2.09. The standard InChI is InChI=1S/C21H23ClN4O2/c22-16-2-1-3-17(12-16)25-8-10-26(11-9-25)21(28)19-13-18(19)20(27)24-14-15-4-6-23-7-5-15/h1-7,12,18-19H,8-11,13-14H2,(H,24,27). The molecular formula is C21H23ClN4O2. The molecular weight excluding hydrogens is 376 g/mol. The predicted molar refractivity (Wildman–Crippen MR) is 108 cm³/mol. The summed E-state index contributed by atoms with van der Waals surface area (Å²) in [5.74, 6) is -0.294. The van der Waals surface area contributed by atoms with Gasteiger partial charge < -0.3 is 15.1 Å². The van der Waals surface area contributed by atoms with Gasteiger partial charge in [-0.2, -0.15) is 0 Å². The third-order valence-electron chi connectivity index (χ3n) is 5.43. The lowest BCUT2D eigenvalue weighted by Crippen LogP contribution is -2.49. The van der Waals surface area contributed by atoms with E-state index in [1.165, 1.54) is 0 Å². The van der Waals surface area contributed by atoms with Crippen molar-refractivity contribution in [2.75, 3.05) is 31.1 Å². The zero-order chi connectivity index (χ0) is 19.5. The maximum absolute atomic E-state index is 12.7. The van der Waals surface area contributed by atoms with Crippen LogP contribution < -0.4 is 10.2 Å². The van der Waals surface area contributed by atoms with Crippen LogP contribution in [0.15, 0.2) is 48.8 Å². The summed E-state index contributed by atoms with van der Waals surface area (Å²) >= 11 is 6.07. The summed E-state index contributed by atoms with van der Waals surface area (Å²) in [7, 11) is 0. The van der Waals surface area contributed by atoms with Crippen molar-refractivity contribution < 1.29 is 9.59 Å². The van der Waals surface area contributed by atoms with Gasteiger partial charge in [-0.25, -0.2) is 0 Å². The van der Waals surface area contributed by atoms with Crippen LogP contribution in [0.2, 0.25) is 5.02 Å². The van der Waals surface area contributed by atoms with Gasteiger partial charge >= 0.3 is 0 Å². The van der Waals surface area contributed by atoms with Gasteiger partial charge in [-0.1, -0.05) is 17.7 Å². The third kappa shape index (κ3) is 4.28. The average Bonchev–Trinajstić information content (AvgIpc) is 3.53. The van der Waals surface area contributed by atoms with Gasteiger partial charge in [0.1, 0.15) is 0 Å². The number of rotatable bonds is 5. The second-order valence-corrected chi connectivity index (χ2v) is 7.75. The molecule has 2 fully saturated rings. The first kappa shape index (κ1) is 18.7. The lowest BCUT2D eigenvalue weighted by atomic mass is 10.2. The Balaban J connectivity index is 1.24. The molecule has 6 nitrogen and oxygen atoms in total. The fourth-order valence-electron chi connectivity index (χ4n) is 3.67. The van der Waals surface area contributed by atoms with Crippen molar-refractivity contribution in [2.45, 2.75) is 13.0 Å². The van der Waals surface area contributed by atoms with E-state index in [-0.39, 0.29) is 23.7 Å². The highest BCUT2D eigenvalue weighted by molar-refractivity contribution is 6.30. The quantitative estimate of drug-likeness (QED) is 0.839. The number of carbonyl (C=O) groups is 2. The van der Waals surface area contributed by atoms with Crippen molar-refractivity contribution in [1.29, 1.82) is 0 Å². The Morgan fingerprint density at radius 2 is 1.82 bits per heavy atom. The second-order valence-electron chi connectivity index (χ2n) is 7.31. The van der Waals surface area contributed by atoms with Crippen LogP contribution in [0.1, 0.15) is 12.0 Å². The number of hydrogen-bond acceptors (Lipinski definition) is 4. The number of piperazine rings is 1. The molecule has 2 atom stereocenters. The zero-order valence-corrected chi connectivity index (χ0v) is 16.3. The van der Waals surface area contributed by atoms with Crippen molar-refractivity contribution in [3.63, 3.8) is 0 Å². The number of pyridine rings is 1. The van der Waals surface area contributed by atoms with Crippen LogP contribution >= 0.6 is 11.6 Å². The highest BCUT2D eigenvalue weighted by Crippen LogP contribution is 2.40. The molecule has 0 radical (unpaired) electrons. The number of halogens is 1. The Labute approximate surface area is 169 Å². The van der Waals surface area contributed by atoms with Crippen LogP contribution in [0.4, 0.5) is 5.69 Å². The summed E-state index contributed by atoms with van der Waals surface area (Å²) in [6.45, 7) is 3.37. The number of hydrogen-bond donors (Lipinski definition) is 1. The number of carbonyl (C=O) groups excluding carboxylic acids is 2. The molecule has 1 aliphatic heterocycles. The number of amides is 2. The summed E-state index contributed by atoms with van der Waals surface area (Å²) < 4.78 is 0. The molecule has 1 aromatic carbocycles. The Kier molecular flexibility index (Phi) is 5.48. The SMILES string of the molecule is O=C(NCc1ccncc1)C1CC1C(=O)N1CCN(c2cccc(Cl)c2)CC1. The summed E-state index contributed by atoms with van der Waals surface area (Å²) in [4.78, 5) is 33.2. The molecule has 1 aliphatic carbocycles. The van der Waals surface area contributed by atoms with Crippen molar-refractivity contribution in [1.82, 2.24) is 15.2 Å². The molecule has 7 heteroatoms. The first-order valence-electron chi connectivity index (χ1n) is 9.58. The summed E-state index contributed by atoms with van der Waals surface area (Å²) in [6, 6.07) is 11.5. The normalized spacial score (nSPS) is 21.3. The van der Waals surface area contributed by atoms with E-state index in [0.29, 0.717) is 26.1 Å². The van der Waals surface area contributed by atoms with Crippen LogP contribution in [0.25, 0.3) is 0 Å². The molecule has 0 bridgehead atoms. The number of anilines is 1. The van der Waals surface area contributed by atoms with Crippen LogP contribution in [-0.2, 0) is 16.1 Å². The van der Waals surface area contributed by atoms with E-state index in [9.17, 15) is 9.59 Å². The van der Waals surface area contributed by atoms with Gasteiger partial charge in [-0.05, 0) is 42.3 Å². The largest absolute Gasteiger partial charge is 0.368 e. The molecule has 1 N–H and O–H groups in total. The van der Waals surface area contributed by atoms with Gasteiger partial charge in [0.15, 0.2) is 0 Å². The van der Waals surface area contributed by atoms with Crippen LogP contribution in [0.5, 0.6) is 0 Å². The Morgan fingerprint density at radius 3 is 2.54 bits per heavy atom. The minimum Gasteiger partial charge on any atom is -0.368 e. The van der Waals surface area contributed by atoms with Crippen molar-refractivity contribution >= 4 is 29.1 Å². The van der Waals surface area contributed by atoms with Crippen LogP contribution in [0.3, 0.4) is 0 Å². The molecule has 146 valence electrons. The summed E-state index contributed by atoms with van der Waals surface area (Å²) in [6.07, 6.45) is 4.05. The smallest absolute Gasteiger partial charge is 0.226 e. The minimum atomic E-state index is -0.194. The van der Waals surface area contributed by atoms with Crippen LogP contribution in [0, 0.1) is 11.8 Å². The van der Waals surface area contributed by atoms with Crippen LogP contribution in [-0.4, -0.2) is 47.9 Å². The molecule has 4 rings (SSSR count). The van der Waals surface area contributed by atoms with E-state index in [0.717, 1.165) is 29.4 Å². The lowest BCUT2D eigenvalue weighted by Gasteiger charge is -2.36. The lowest BCUT2D eigenvalue weighted by molar-refractivity contribution is -0.135. The molecule has 2 amide bonds. The van der Waals surface area contributed by atoms with E-state index in [4.69, 9.17) is 11.6 Å². The van der Waals surface area contributed by atoms with E-state index in [2.05, 4.69) is 15.2 Å². The van der Waals surface area contributed by atoms with Gasteiger partial charge in [0, 0.05) is 55.8 Å². The molecule has 1 aromatic heterocycles. The maximum atomic E-state index is 12.7. The molecule has 2 aliphatic rings. The predicted octanol–water partition coefficient (Wildman–Crippen LogP) is 2.34. The van der Waals surface area contributed by atoms with E-state index < -0.39 is 0 Å². The zero-order valence-electron chi connectivity index (χ0n) is 15.6. The average molecular weight is 399 g/mol. The maximum Gasteiger partial charge on any atom is 0.226 e. The van der Waals surface area contributed by atoms with Gasteiger partial charge in [-0.15, -0.1) is 0 Å².